The molecule has 4 aromatic rings. The van der Waals surface area contributed by atoms with Gasteiger partial charge in [0, 0.05) is 31.8 Å². The maximum Gasteiger partial charge on any atom is 0.272 e. The van der Waals surface area contributed by atoms with Gasteiger partial charge in [0.05, 0.1) is 30.0 Å². The Bertz CT molecular complexity index is 1420. The molecule has 0 bridgehead atoms. The lowest BCUT2D eigenvalue weighted by molar-refractivity contribution is 0.0683. The van der Waals surface area contributed by atoms with Crippen molar-refractivity contribution in [3.05, 3.63) is 84.0 Å². The number of hydrogen-bond acceptors (Lipinski definition) is 7. The zero-order valence-electron chi connectivity index (χ0n) is 22.3. The molecule has 1 fully saturated rings. The highest BCUT2D eigenvalue weighted by atomic mass is 19.1. The summed E-state index contributed by atoms with van der Waals surface area (Å²) in [6.45, 7) is 7.69. The van der Waals surface area contributed by atoms with Gasteiger partial charge >= 0.3 is 0 Å². The number of nitrogens with zero attached hydrogens (tertiary/aromatic N) is 6. The number of ether oxygens (including phenoxy) is 1. The third kappa shape index (κ3) is 5.96. The molecule has 4 heterocycles. The summed E-state index contributed by atoms with van der Waals surface area (Å²) >= 11 is 0. The average Bonchev–Trinajstić information content (AvgIpc) is 3.34. The second-order valence-corrected chi connectivity index (χ2v) is 9.86. The van der Waals surface area contributed by atoms with E-state index < -0.39 is 5.82 Å². The Labute approximate surface area is 227 Å². The van der Waals surface area contributed by atoms with Gasteiger partial charge in [-0.25, -0.2) is 24.3 Å². The van der Waals surface area contributed by atoms with Crippen LogP contribution in [0.4, 0.5) is 16.0 Å². The standard InChI is InChI=1S/C29H32FN7O2/c1-19(2)36(18-21-7-5-4-6-8-21)28(38)25-10-9-22(15-32-25)34-29-33-16-24(30)27(35-29)26-17-31-20(3)37(26)23-11-13-39-14-12-23/h4-10,15-17,19,23H,11-14,18H2,1-3H3,(H,33,34,35). The van der Waals surface area contributed by atoms with Crippen LogP contribution >= 0.6 is 0 Å². The number of imidazole rings is 1. The number of rotatable bonds is 8. The summed E-state index contributed by atoms with van der Waals surface area (Å²) in [4.78, 5) is 32.4. The molecular formula is C29H32FN7O2. The van der Waals surface area contributed by atoms with Crippen LogP contribution in [0.3, 0.4) is 0 Å². The summed E-state index contributed by atoms with van der Waals surface area (Å²) in [5.41, 5.74) is 2.75. The Morgan fingerprint density at radius 2 is 1.85 bits per heavy atom. The highest BCUT2D eigenvalue weighted by Gasteiger charge is 2.24. The lowest BCUT2D eigenvalue weighted by Crippen LogP contribution is -2.36. The molecule has 0 aliphatic carbocycles. The summed E-state index contributed by atoms with van der Waals surface area (Å²) in [7, 11) is 0. The van der Waals surface area contributed by atoms with Crippen molar-refractivity contribution >= 4 is 17.5 Å². The Morgan fingerprint density at radius 3 is 2.54 bits per heavy atom. The third-order valence-corrected chi connectivity index (χ3v) is 6.84. The van der Waals surface area contributed by atoms with Crippen LogP contribution in [0.5, 0.6) is 0 Å². The molecular weight excluding hydrogens is 497 g/mol. The fourth-order valence-corrected chi connectivity index (χ4v) is 4.78. The van der Waals surface area contributed by atoms with Gasteiger partial charge in [-0.15, -0.1) is 0 Å². The second kappa shape index (κ2) is 11.7. The summed E-state index contributed by atoms with van der Waals surface area (Å²) in [6, 6.07) is 13.4. The van der Waals surface area contributed by atoms with Gasteiger partial charge < -0.3 is 19.5 Å². The summed E-state index contributed by atoms with van der Waals surface area (Å²) in [5, 5.41) is 3.08. The minimum absolute atomic E-state index is 0.00144. The first-order chi connectivity index (χ1) is 18.9. The van der Waals surface area contributed by atoms with Crippen molar-refractivity contribution in [2.24, 2.45) is 0 Å². The second-order valence-electron chi connectivity index (χ2n) is 9.86. The van der Waals surface area contributed by atoms with E-state index in [1.165, 1.54) is 0 Å². The van der Waals surface area contributed by atoms with Gasteiger partial charge in [-0.1, -0.05) is 30.3 Å². The van der Waals surface area contributed by atoms with Crippen LogP contribution in [0, 0.1) is 12.7 Å². The quantitative estimate of drug-likeness (QED) is 0.330. The molecule has 5 rings (SSSR count). The number of carbonyl (C=O) groups excluding carboxylic acids is 1. The van der Waals surface area contributed by atoms with Crippen molar-refractivity contribution in [2.75, 3.05) is 18.5 Å². The smallest absolute Gasteiger partial charge is 0.272 e. The largest absolute Gasteiger partial charge is 0.381 e. The normalized spacial score (nSPS) is 14.0. The van der Waals surface area contributed by atoms with E-state index in [0.29, 0.717) is 36.8 Å². The highest BCUT2D eigenvalue weighted by Crippen LogP contribution is 2.31. The van der Waals surface area contributed by atoms with Crippen LogP contribution in [0.25, 0.3) is 11.4 Å². The molecule has 1 amide bonds. The number of anilines is 2. The van der Waals surface area contributed by atoms with Crippen LogP contribution in [-0.2, 0) is 11.3 Å². The third-order valence-electron chi connectivity index (χ3n) is 6.84. The number of carbonyl (C=O) groups is 1. The van der Waals surface area contributed by atoms with E-state index in [0.717, 1.165) is 30.4 Å². The minimum Gasteiger partial charge on any atom is -0.381 e. The molecule has 3 aromatic heterocycles. The monoisotopic (exact) mass is 529 g/mol. The molecule has 1 aliphatic heterocycles. The van der Waals surface area contributed by atoms with E-state index in [1.54, 1.807) is 29.4 Å². The zero-order chi connectivity index (χ0) is 27.4. The van der Waals surface area contributed by atoms with Gasteiger partial charge in [-0.05, 0) is 51.3 Å². The van der Waals surface area contributed by atoms with E-state index in [2.05, 4.69) is 25.3 Å². The van der Waals surface area contributed by atoms with Crippen LogP contribution in [0.1, 0.15) is 54.6 Å². The Kier molecular flexibility index (Phi) is 7.92. The maximum absolute atomic E-state index is 14.9. The van der Waals surface area contributed by atoms with Crippen LogP contribution in [0.2, 0.25) is 0 Å². The lowest BCUT2D eigenvalue weighted by Gasteiger charge is -2.26. The van der Waals surface area contributed by atoms with Gasteiger partial charge in [0.1, 0.15) is 17.2 Å². The van der Waals surface area contributed by atoms with Crippen molar-refractivity contribution in [1.29, 1.82) is 0 Å². The number of pyridine rings is 1. The number of aromatic nitrogens is 5. The number of nitrogens with one attached hydrogen (secondary N) is 1. The first kappa shape index (κ1) is 26.4. The number of amides is 1. The van der Waals surface area contributed by atoms with E-state index >= 15 is 0 Å². The molecule has 0 spiro atoms. The Hall–Kier alpha value is -4.18. The number of halogens is 1. The Morgan fingerprint density at radius 1 is 1.08 bits per heavy atom. The number of aryl methyl sites for hydroxylation is 1. The van der Waals surface area contributed by atoms with Crippen LogP contribution < -0.4 is 5.32 Å². The first-order valence-corrected chi connectivity index (χ1v) is 13.1. The highest BCUT2D eigenvalue weighted by molar-refractivity contribution is 5.92. The topological polar surface area (TPSA) is 98.1 Å². The van der Waals surface area contributed by atoms with Gasteiger partial charge in [-0.2, -0.15) is 0 Å². The number of benzene rings is 1. The van der Waals surface area contributed by atoms with E-state index in [1.807, 2.05) is 55.7 Å². The number of hydrogen-bond donors (Lipinski definition) is 1. The molecule has 0 radical (unpaired) electrons. The van der Waals surface area contributed by atoms with E-state index in [4.69, 9.17) is 4.74 Å². The van der Waals surface area contributed by atoms with Crippen LogP contribution in [0.15, 0.2) is 61.1 Å². The fourth-order valence-electron chi connectivity index (χ4n) is 4.78. The molecule has 1 saturated heterocycles. The van der Waals surface area contributed by atoms with Gasteiger partial charge in [0.2, 0.25) is 5.95 Å². The molecule has 39 heavy (non-hydrogen) atoms. The molecule has 1 aromatic carbocycles. The summed E-state index contributed by atoms with van der Waals surface area (Å²) < 4.78 is 22.4. The van der Waals surface area contributed by atoms with Crippen molar-refractivity contribution in [2.45, 2.75) is 52.2 Å². The van der Waals surface area contributed by atoms with Gasteiger partial charge in [0.25, 0.3) is 5.91 Å². The molecule has 202 valence electrons. The molecule has 10 heteroatoms. The van der Waals surface area contributed by atoms with E-state index in [-0.39, 0.29) is 29.6 Å². The molecule has 0 saturated carbocycles. The van der Waals surface area contributed by atoms with Crippen molar-refractivity contribution in [3.8, 4) is 11.4 Å². The average molecular weight is 530 g/mol. The lowest BCUT2D eigenvalue weighted by atomic mass is 10.1. The molecule has 1 N–H and O–H groups in total. The maximum atomic E-state index is 14.9. The van der Waals surface area contributed by atoms with Crippen molar-refractivity contribution in [1.82, 2.24) is 29.4 Å². The van der Waals surface area contributed by atoms with E-state index in [9.17, 15) is 9.18 Å². The SMILES string of the molecule is Cc1ncc(-c2nc(Nc3ccc(C(=O)N(Cc4ccccc4)C(C)C)nc3)ncc2F)n1C1CCOCC1. The fraction of sp³-hybridized carbons (Fsp3) is 0.345. The van der Waals surface area contributed by atoms with Gasteiger partial charge in [0.15, 0.2) is 5.82 Å². The van der Waals surface area contributed by atoms with Crippen LogP contribution in [-0.4, -0.2) is 54.6 Å². The first-order valence-electron chi connectivity index (χ1n) is 13.1. The summed E-state index contributed by atoms with van der Waals surface area (Å²) in [5.74, 6) is 0.339. The molecule has 9 nitrogen and oxygen atoms in total. The molecule has 0 unspecified atom stereocenters. The molecule has 0 atom stereocenters. The van der Waals surface area contributed by atoms with Crippen molar-refractivity contribution in [3.63, 3.8) is 0 Å². The minimum atomic E-state index is -0.528. The van der Waals surface area contributed by atoms with Crippen molar-refractivity contribution < 1.29 is 13.9 Å². The van der Waals surface area contributed by atoms with Gasteiger partial charge in [-0.3, -0.25) is 4.79 Å². The predicted molar refractivity (Wildman–Crippen MR) is 146 cm³/mol. The zero-order valence-corrected chi connectivity index (χ0v) is 22.3. The predicted octanol–water partition coefficient (Wildman–Crippen LogP) is 5.33. The summed E-state index contributed by atoms with van der Waals surface area (Å²) in [6.07, 6.45) is 6.02. The Balaban J connectivity index is 1.34. The molecule has 1 aliphatic rings.